The Labute approximate surface area is 92.9 Å². The molecule has 9 heteroatoms. The predicted molar refractivity (Wildman–Crippen MR) is 50.4 cm³/mol. The first-order chi connectivity index (χ1) is 7.18. The maximum atomic E-state index is 12.1. The van der Waals surface area contributed by atoms with Gasteiger partial charge >= 0.3 is 14.0 Å². The van der Waals surface area contributed by atoms with E-state index in [1.165, 1.54) is 0 Å². The Balaban J connectivity index is 2.69. The molecule has 0 radical (unpaired) electrons. The molecule has 0 aliphatic heterocycles. The summed E-state index contributed by atoms with van der Waals surface area (Å²) in [5.41, 5.74) is -0.840. The highest BCUT2D eigenvalue weighted by Crippen LogP contribution is 2.43. The van der Waals surface area contributed by atoms with Gasteiger partial charge in [-0.2, -0.15) is 13.2 Å². The first-order valence-corrected chi connectivity index (χ1v) is 6.05. The molecular formula is C7H6F3O4PS. The summed E-state index contributed by atoms with van der Waals surface area (Å²) in [6.07, 6.45) is -4.44. The van der Waals surface area contributed by atoms with E-state index in [1.54, 1.807) is 0 Å². The third kappa shape index (κ3) is 4.54. The minimum Gasteiger partial charge on any atom is -0.302 e. The topological polar surface area (TPSA) is 66.8 Å². The molecule has 0 unspecified atom stereocenters. The second-order valence-corrected chi connectivity index (χ2v) is 4.89. The van der Waals surface area contributed by atoms with Gasteiger partial charge in [-0.05, 0) is 24.3 Å². The second kappa shape index (κ2) is 4.77. The Morgan fingerprint density at radius 1 is 1.19 bits per heavy atom. The Morgan fingerprint density at radius 2 is 1.69 bits per heavy atom. The van der Waals surface area contributed by atoms with Crippen LogP contribution >= 0.6 is 19.9 Å². The summed E-state index contributed by atoms with van der Waals surface area (Å²) in [5.74, 6) is 0. The molecule has 0 saturated heterocycles. The lowest BCUT2D eigenvalue weighted by Crippen LogP contribution is -2.03. The van der Waals surface area contributed by atoms with Crippen molar-refractivity contribution in [2.45, 2.75) is 11.1 Å². The predicted octanol–water partition coefficient (Wildman–Crippen LogP) is 2.82. The van der Waals surface area contributed by atoms with Gasteiger partial charge in [-0.25, -0.2) is 8.54 Å². The molecule has 0 aliphatic carbocycles. The number of halogens is 3. The average Bonchev–Trinajstić information content (AvgIpc) is 2.13. The Morgan fingerprint density at radius 3 is 2.06 bits per heavy atom. The van der Waals surface area contributed by atoms with Crippen molar-refractivity contribution < 1.29 is 31.5 Å². The van der Waals surface area contributed by atoms with Gasteiger partial charge in [0, 0.05) is 16.9 Å². The van der Waals surface area contributed by atoms with Crippen molar-refractivity contribution in [3.63, 3.8) is 0 Å². The van der Waals surface area contributed by atoms with E-state index >= 15 is 0 Å². The normalized spacial score (nSPS) is 12.8. The minimum absolute atomic E-state index is 0.163. The first kappa shape index (κ1) is 13.5. The molecule has 4 nitrogen and oxygen atoms in total. The van der Waals surface area contributed by atoms with Gasteiger partial charge in [0.2, 0.25) is 0 Å². The molecule has 1 rings (SSSR count). The third-order valence-corrected chi connectivity index (χ3v) is 2.95. The van der Waals surface area contributed by atoms with Gasteiger partial charge in [0.1, 0.15) is 0 Å². The molecule has 1 aromatic carbocycles. The Kier molecular flexibility index (Phi) is 4.03. The molecule has 90 valence electrons. The van der Waals surface area contributed by atoms with E-state index in [9.17, 15) is 17.7 Å². The minimum atomic E-state index is -4.63. The van der Waals surface area contributed by atoms with Crippen molar-refractivity contribution in [2.24, 2.45) is 0 Å². The maximum Gasteiger partial charge on any atom is 0.481 e. The molecule has 0 amide bonds. The number of hydrogen-bond donors (Lipinski definition) is 2. The fraction of sp³-hybridized carbons (Fsp3) is 0.143. The van der Waals surface area contributed by atoms with Crippen LogP contribution in [-0.2, 0) is 14.7 Å². The fourth-order valence-corrected chi connectivity index (χ4v) is 1.77. The van der Waals surface area contributed by atoms with Gasteiger partial charge in [-0.15, -0.1) is 0 Å². The summed E-state index contributed by atoms with van der Waals surface area (Å²) < 4.78 is 50.7. The van der Waals surface area contributed by atoms with Gasteiger partial charge in [0.05, 0.1) is 5.56 Å². The van der Waals surface area contributed by atoms with Crippen LogP contribution in [0.1, 0.15) is 5.56 Å². The standard InChI is InChI=1S/C7H6F3O4PS/c8-7(9,10)5-1-3-6(4-2-5)16-14-15(11,12)13/h1-4H,(H2,11,12,13). The van der Waals surface area contributed by atoms with Crippen molar-refractivity contribution in [1.29, 1.82) is 0 Å². The van der Waals surface area contributed by atoms with Gasteiger partial charge < -0.3 is 9.79 Å². The zero-order valence-corrected chi connectivity index (χ0v) is 9.22. The quantitative estimate of drug-likeness (QED) is 0.655. The molecular weight excluding hydrogens is 268 g/mol. The van der Waals surface area contributed by atoms with Crippen LogP contribution < -0.4 is 0 Å². The van der Waals surface area contributed by atoms with E-state index < -0.39 is 19.6 Å². The van der Waals surface area contributed by atoms with Crippen LogP contribution in [0, 0.1) is 0 Å². The van der Waals surface area contributed by atoms with Gasteiger partial charge in [0.25, 0.3) is 0 Å². The van der Waals surface area contributed by atoms with Crippen molar-refractivity contribution in [3.05, 3.63) is 29.8 Å². The van der Waals surface area contributed by atoms with Crippen LogP contribution in [0.2, 0.25) is 0 Å². The molecule has 0 saturated carbocycles. The highest BCUT2D eigenvalue weighted by molar-refractivity contribution is 7.97. The summed E-state index contributed by atoms with van der Waals surface area (Å²) in [6, 6.07) is 3.71. The van der Waals surface area contributed by atoms with Crippen LogP contribution in [0.25, 0.3) is 0 Å². The summed E-state index contributed by atoms with van der Waals surface area (Å²) >= 11 is 0.316. The van der Waals surface area contributed by atoms with E-state index in [4.69, 9.17) is 9.79 Å². The number of rotatable bonds is 3. The molecule has 0 spiro atoms. The molecule has 0 bridgehead atoms. The fourth-order valence-electron chi connectivity index (χ4n) is 0.791. The van der Waals surface area contributed by atoms with E-state index in [0.29, 0.717) is 12.0 Å². The largest absolute Gasteiger partial charge is 0.481 e. The van der Waals surface area contributed by atoms with E-state index in [-0.39, 0.29) is 4.90 Å². The Hall–Kier alpha value is -0.530. The molecule has 0 fully saturated rings. The SMILES string of the molecule is O=P(O)(O)OSc1ccc(C(F)(F)F)cc1. The maximum absolute atomic E-state index is 12.1. The van der Waals surface area contributed by atoms with Crippen LogP contribution in [-0.4, -0.2) is 9.79 Å². The van der Waals surface area contributed by atoms with Crippen molar-refractivity contribution >= 4 is 19.9 Å². The van der Waals surface area contributed by atoms with Crippen molar-refractivity contribution in [3.8, 4) is 0 Å². The number of hydrogen-bond acceptors (Lipinski definition) is 3. The summed E-state index contributed by atoms with van der Waals surface area (Å²) in [5, 5.41) is 0. The monoisotopic (exact) mass is 274 g/mol. The highest BCUT2D eigenvalue weighted by atomic mass is 32.2. The van der Waals surface area contributed by atoms with E-state index in [1.807, 2.05) is 0 Å². The van der Waals surface area contributed by atoms with Gasteiger partial charge in [0.15, 0.2) is 0 Å². The molecule has 0 aliphatic rings. The van der Waals surface area contributed by atoms with E-state index in [2.05, 4.69) is 3.97 Å². The lowest BCUT2D eigenvalue weighted by molar-refractivity contribution is -0.137. The average molecular weight is 274 g/mol. The lowest BCUT2D eigenvalue weighted by atomic mass is 10.2. The number of alkyl halides is 3. The van der Waals surface area contributed by atoms with Gasteiger partial charge in [-0.1, -0.05) is 0 Å². The smallest absolute Gasteiger partial charge is 0.302 e. The summed E-state index contributed by atoms with van der Waals surface area (Å²) in [4.78, 5) is 16.9. The summed E-state index contributed by atoms with van der Waals surface area (Å²) in [7, 11) is -4.63. The number of benzene rings is 1. The Bertz CT molecular complexity index is 399. The lowest BCUT2D eigenvalue weighted by Gasteiger charge is -2.07. The molecule has 0 heterocycles. The zero-order valence-electron chi connectivity index (χ0n) is 7.51. The third-order valence-electron chi connectivity index (χ3n) is 1.41. The van der Waals surface area contributed by atoms with E-state index in [0.717, 1.165) is 24.3 Å². The molecule has 0 atom stereocenters. The van der Waals surface area contributed by atoms with Gasteiger partial charge in [-0.3, -0.25) is 0 Å². The van der Waals surface area contributed by atoms with Crippen molar-refractivity contribution in [1.82, 2.24) is 0 Å². The number of phosphoric acid groups is 1. The molecule has 1 aromatic rings. The van der Waals surface area contributed by atoms with Crippen LogP contribution in [0.3, 0.4) is 0 Å². The first-order valence-electron chi connectivity index (χ1n) is 3.77. The zero-order chi connectivity index (χ0) is 12.4. The second-order valence-electron chi connectivity index (χ2n) is 2.67. The highest BCUT2D eigenvalue weighted by Gasteiger charge is 2.30. The molecule has 0 aromatic heterocycles. The van der Waals surface area contributed by atoms with Crippen LogP contribution in [0.4, 0.5) is 13.2 Å². The molecule has 16 heavy (non-hydrogen) atoms. The molecule has 2 N–H and O–H groups in total. The van der Waals surface area contributed by atoms with Crippen LogP contribution in [0.5, 0.6) is 0 Å². The van der Waals surface area contributed by atoms with Crippen molar-refractivity contribution in [2.75, 3.05) is 0 Å². The summed E-state index contributed by atoms with van der Waals surface area (Å²) in [6.45, 7) is 0. The van der Waals surface area contributed by atoms with Crippen LogP contribution in [0.15, 0.2) is 29.2 Å².